The van der Waals surface area contributed by atoms with E-state index < -0.39 is 5.54 Å². The predicted octanol–water partition coefficient (Wildman–Crippen LogP) is 1.72. The Labute approximate surface area is 80.8 Å². The molecule has 0 heterocycles. The molecule has 0 saturated carbocycles. The van der Waals surface area contributed by atoms with Crippen LogP contribution in [-0.2, 0) is 9.53 Å². The topological polar surface area (TPSA) is 38.3 Å². The average Bonchev–Trinajstić information content (AvgIpc) is 2.12. The van der Waals surface area contributed by atoms with Gasteiger partial charge in [0.2, 0.25) is 0 Å². The van der Waals surface area contributed by atoms with Crippen molar-refractivity contribution in [2.75, 3.05) is 7.11 Å². The molecule has 0 amide bonds. The lowest BCUT2D eigenvalue weighted by molar-refractivity contribution is -0.149. The Hall–Kier alpha value is -0.570. The molecule has 3 heteroatoms. The molecule has 1 N–H and O–H groups in total. The average molecular weight is 187 g/mol. The number of methoxy groups -OCH3 is 1. The first kappa shape index (κ1) is 12.4. The summed E-state index contributed by atoms with van der Waals surface area (Å²) in [7, 11) is 1.43. The van der Waals surface area contributed by atoms with Crippen LogP contribution in [0.1, 0.15) is 40.5 Å². The zero-order valence-corrected chi connectivity index (χ0v) is 9.31. The molecule has 0 atom stereocenters. The van der Waals surface area contributed by atoms with E-state index in [2.05, 4.69) is 5.32 Å². The van der Waals surface area contributed by atoms with Crippen LogP contribution in [-0.4, -0.2) is 24.7 Å². The van der Waals surface area contributed by atoms with Gasteiger partial charge in [0.15, 0.2) is 0 Å². The summed E-state index contributed by atoms with van der Waals surface area (Å²) in [6, 6.07) is 0.291. The molecule has 0 aliphatic heterocycles. The van der Waals surface area contributed by atoms with Crippen LogP contribution in [0.5, 0.6) is 0 Å². The maximum atomic E-state index is 11.5. The predicted molar refractivity (Wildman–Crippen MR) is 53.6 cm³/mol. The van der Waals surface area contributed by atoms with Crippen molar-refractivity contribution in [1.29, 1.82) is 0 Å². The molecule has 0 saturated heterocycles. The molecular weight excluding hydrogens is 166 g/mol. The summed E-state index contributed by atoms with van der Waals surface area (Å²) in [6.07, 6.45) is 1.52. The molecule has 78 valence electrons. The molecule has 0 rings (SSSR count). The molecule has 0 bridgehead atoms. The third-order valence-electron chi connectivity index (χ3n) is 2.35. The Morgan fingerprint density at radius 2 is 1.85 bits per heavy atom. The molecule has 13 heavy (non-hydrogen) atoms. The molecule has 0 spiro atoms. The van der Waals surface area contributed by atoms with Gasteiger partial charge in [-0.15, -0.1) is 0 Å². The van der Waals surface area contributed by atoms with E-state index in [1.807, 2.05) is 27.7 Å². The van der Waals surface area contributed by atoms with E-state index in [1.54, 1.807) is 0 Å². The van der Waals surface area contributed by atoms with Crippen molar-refractivity contribution in [2.24, 2.45) is 0 Å². The number of hydrogen-bond donors (Lipinski definition) is 1. The van der Waals surface area contributed by atoms with Gasteiger partial charge in [0, 0.05) is 6.04 Å². The molecular formula is C10H21NO2. The summed E-state index contributed by atoms with van der Waals surface area (Å²) >= 11 is 0. The Bertz CT molecular complexity index is 162. The van der Waals surface area contributed by atoms with Crippen LogP contribution in [0.25, 0.3) is 0 Å². The molecule has 0 aromatic heterocycles. The highest BCUT2D eigenvalue weighted by molar-refractivity contribution is 5.80. The second kappa shape index (κ2) is 5.22. The Kier molecular flexibility index (Phi) is 4.99. The lowest BCUT2D eigenvalue weighted by Gasteiger charge is -2.31. The number of carbonyl (C=O) groups is 1. The molecule has 0 aliphatic rings. The van der Waals surface area contributed by atoms with E-state index >= 15 is 0 Å². The van der Waals surface area contributed by atoms with Crippen molar-refractivity contribution in [3.8, 4) is 0 Å². The van der Waals surface area contributed by atoms with Crippen molar-refractivity contribution in [1.82, 2.24) is 5.32 Å². The third kappa shape index (κ3) is 2.99. The fourth-order valence-corrected chi connectivity index (χ4v) is 1.55. The highest BCUT2D eigenvalue weighted by Gasteiger charge is 2.35. The first-order valence-electron chi connectivity index (χ1n) is 4.88. The maximum absolute atomic E-state index is 11.5. The van der Waals surface area contributed by atoms with Gasteiger partial charge in [-0.2, -0.15) is 0 Å². The lowest BCUT2D eigenvalue weighted by atomic mass is 9.92. The Morgan fingerprint density at radius 1 is 1.38 bits per heavy atom. The van der Waals surface area contributed by atoms with Crippen LogP contribution in [0.15, 0.2) is 0 Å². The summed E-state index contributed by atoms with van der Waals surface area (Å²) in [5.41, 5.74) is -0.497. The summed E-state index contributed by atoms with van der Waals surface area (Å²) in [6.45, 7) is 8.05. The quantitative estimate of drug-likeness (QED) is 0.666. The molecule has 0 aromatic carbocycles. The van der Waals surface area contributed by atoms with Gasteiger partial charge in [0.25, 0.3) is 0 Å². The Balaban J connectivity index is 4.58. The Morgan fingerprint density at radius 3 is 2.08 bits per heavy atom. The van der Waals surface area contributed by atoms with E-state index in [1.165, 1.54) is 7.11 Å². The molecule has 0 aliphatic carbocycles. The normalized spacial score (nSPS) is 11.8. The van der Waals surface area contributed by atoms with Gasteiger partial charge in [0.1, 0.15) is 5.54 Å². The summed E-state index contributed by atoms with van der Waals surface area (Å²) in [5.74, 6) is -0.161. The second-order valence-corrected chi connectivity index (χ2v) is 3.58. The van der Waals surface area contributed by atoms with Gasteiger partial charge >= 0.3 is 5.97 Å². The van der Waals surface area contributed by atoms with Crippen LogP contribution in [0.3, 0.4) is 0 Å². The smallest absolute Gasteiger partial charge is 0.326 e. The van der Waals surface area contributed by atoms with Crippen molar-refractivity contribution in [3.05, 3.63) is 0 Å². The van der Waals surface area contributed by atoms with Crippen LogP contribution < -0.4 is 5.32 Å². The summed E-state index contributed by atoms with van der Waals surface area (Å²) < 4.78 is 4.80. The minimum absolute atomic E-state index is 0.161. The van der Waals surface area contributed by atoms with Crippen molar-refractivity contribution < 1.29 is 9.53 Å². The van der Waals surface area contributed by atoms with Gasteiger partial charge in [-0.05, 0) is 26.7 Å². The number of carbonyl (C=O) groups excluding carboxylic acids is 1. The number of ether oxygens (including phenoxy) is 1. The zero-order valence-electron chi connectivity index (χ0n) is 9.31. The summed E-state index contributed by atoms with van der Waals surface area (Å²) in [4.78, 5) is 11.5. The maximum Gasteiger partial charge on any atom is 0.326 e. The zero-order chi connectivity index (χ0) is 10.5. The van der Waals surface area contributed by atoms with Gasteiger partial charge in [-0.1, -0.05) is 13.8 Å². The fourth-order valence-electron chi connectivity index (χ4n) is 1.55. The van der Waals surface area contributed by atoms with E-state index in [4.69, 9.17) is 4.74 Å². The molecule has 0 radical (unpaired) electrons. The number of rotatable bonds is 5. The monoisotopic (exact) mass is 187 g/mol. The van der Waals surface area contributed by atoms with E-state index in [0.29, 0.717) is 6.04 Å². The minimum atomic E-state index is -0.497. The van der Waals surface area contributed by atoms with Gasteiger partial charge in [-0.3, -0.25) is 10.1 Å². The minimum Gasteiger partial charge on any atom is -0.468 e. The first-order chi connectivity index (χ1) is 6.02. The molecule has 0 fully saturated rings. The fraction of sp³-hybridized carbons (Fsp3) is 0.900. The molecule has 0 unspecified atom stereocenters. The van der Waals surface area contributed by atoms with Gasteiger partial charge < -0.3 is 4.74 Å². The highest BCUT2D eigenvalue weighted by Crippen LogP contribution is 2.17. The van der Waals surface area contributed by atoms with Crippen molar-refractivity contribution >= 4 is 5.97 Å². The highest BCUT2D eigenvalue weighted by atomic mass is 16.5. The molecule has 3 nitrogen and oxygen atoms in total. The van der Waals surface area contributed by atoms with Crippen molar-refractivity contribution in [3.63, 3.8) is 0 Å². The van der Waals surface area contributed by atoms with Gasteiger partial charge in [0.05, 0.1) is 7.11 Å². The van der Waals surface area contributed by atoms with Crippen LogP contribution in [0.4, 0.5) is 0 Å². The van der Waals surface area contributed by atoms with Crippen LogP contribution in [0.2, 0.25) is 0 Å². The third-order valence-corrected chi connectivity index (χ3v) is 2.35. The number of hydrogen-bond acceptors (Lipinski definition) is 3. The van der Waals surface area contributed by atoms with Crippen LogP contribution >= 0.6 is 0 Å². The van der Waals surface area contributed by atoms with E-state index in [9.17, 15) is 4.79 Å². The lowest BCUT2D eigenvalue weighted by Crippen LogP contribution is -2.54. The number of esters is 1. The van der Waals surface area contributed by atoms with Gasteiger partial charge in [-0.25, -0.2) is 0 Å². The second-order valence-electron chi connectivity index (χ2n) is 3.58. The summed E-state index contributed by atoms with van der Waals surface area (Å²) in [5, 5.41) is 3.27. The standard InChI is InChI=1S/C10H21NO2/c1-6-10(7-2,9(12)13-5)11-8(3)4/h8,11H,6-7H2,1-5H3. The largest absolute Gasteiger partial charge is 0.468 e. The molecule has 0 aromatic rings. The van der Waals surface area contributed by atoms with Crippen LogP contribution in [0, 0.1) is 0 Å². The van der Waals surface area contributed by atoms with E-state index in [-0.39, 0.29) is 5.97 Å². The first-order valence-corrected chi connectivity index (χ1v) is 4.88. The van der Waals surface area contributed by atoms with E-state index in [0.717, 1.165) is 12.8 Å². The number of nitrogens with one attached hydrogen (secondary N) is 1. The SMILES string of the molecule is CCC(CC)(NC(C)C)C(=O)OC. The van der Waals surface area contributed by atoms with Crippen molar-refractivity contribution in [2.45, 2.75) is 52.1 Å².